The van der Waals surface area contributed by atoms with E-state index in [9.17, 15) is 4.79 Å². The van der Waals surface area contributed by atoms with Crippen molar-refractivity contribution in [2.45, 2.75) is 57.3 Å². The van der Waals surface area contributed by atoms with E-state index < -0.39 is 5.97 Å². The van der Waals surface area contributed by atoms with Gasteiger partial charge < -0.3 is 14.4 Å². The molecular weight excluding hydrogens is 637 g/mol. The molecule has 0 spiro atoms. The second-order valence-corrected chi connectivity index (χ2v) is 14.1. The maximum absolute atomic E-state index is 10.5. The van der Waals surface area contributed by atoms with Crippen molar-refractivity contribution >= 4 is 45.8 Å². The predicted octanol–water partition coefficient (Wildman–Crippen LogP) is 10.6. The molecule has 3 aliphatic heterocycles. The average Bonchev–Trinajstić information content (AvgIpc) is 3.79. The molecule has 8 rings (SSSR count). The Morgan fingerprint density at radius 1 is 0.840 bits per heavy atom. The lowest BCUT2D eigenvalue weighted by molar-refractivity contribution is -0.142. The molecule has 0 atom stereocenters. The maximum Gasteiger partial charge on any atom is 0.306 e. The standard InChI is InChI=1S/C36H29N2OS.C8H16O2/c1-40-35-13-7-4-10-30(35)36-28-16-14-26(37-20-18-24-8-2-5-11-31(24)37)22-33(28)39-34-23-27(15-17-29(34)36)38-21-19-25-9-3-6-12-32(25)38;1-3-5-7(6-4-2)8(9)10/h2-17,22-23H,18-21H2,1H3;7H,3-6H2,1-2H3,(H,9,10)/q+1;. The minimum absolute atomic E-state index is 0.102. The van der Waals surface area contributed by atoms with Crippen molar-refractivity contribution in [2.24, 2.45) is 5.92 Å². The number of fused-ring (bicyclic) bond motifs is 4. The molecule has 0 amide bonds. The Labute approximate surface area is 299 Å². The molecule has 0 saturated heterocycles. The van der Waals surface area contributed by atoms with Crippen LogP contribution in [0.15, 0.2) is 119 Å². The van der Waals surface area contributed by atoms with Gasteiger partial charge in [0, 0.05) is 69.5 Å². The number of benzene rings is 5. The first-order valence-electron chi connectivity index (χ1n) is 17.9. The van der Waals surface area contributed by atoms with Gasteiger partial charge in [0.1, 0.15) is 11.3 Å². The highest BCUT2D eigenvalue weighted by Crippen LogP contribution is 2.44. The van der Waals surface area contributed by atoms with Gasteiger partial charge >= 0.3 is 5.97 Å². The predicted molar refractivity (Wildman–Crippen MR) is 208 cm³/mol. The zero-order valence-electron chi connectivity index (χ0n) is 29.2. The lowest BCUT2D eigenvalue weighted by Crippen LogP contribution is -2.23. The van der Waals surface area contributed by atoms with Crippen LogP contribution in [0, 0.1) is 5.92 Å². The number of thioether (sulfide) groups is 1. The number of hydrogen-bond acceptors (Lipinski definition) is 4. The zero-order chi connectivity index (χ0) is 34.6. The van der Waals surface area contributed by atoms with E-state index in [1.54, 1.807) is 11.8 Å². The molecule has 4 aromatic carbocycles. The van der Waals surface area contributed by atoms with E-state index in [1.807, 2.05) is 13.8 Å². The van der Waals surface area contributed by atoms with E-state index in [2.05, 4.69) is 125 Å². The number of aliphatic carboxylic acids is 1. The number of nitrogens with zero attached hydrogens (tertiary/aromatic N) is 2. The topological polar surface area (TPSA) is 56.7 Å². The fraction of sp³-hybridized carbons (Fsp3) is 0.273. The van der Waals surface area contributed by atoms with Crippen LogP contribution in [-0.4, -0.2) is 30.4 Å². The van der Waals surface area contributed by atoms with Gasteiger partial charge in [0.05, 0.1) is 12.0 Å². The molecule has 254 valence electrons. The van der Waals surface area contributed by atoms with Gasteiger partial charge in [-0.25, -0.2) is 0 Å². The number of hydrogen-bond donors (Lipinski definition) is 1. The third-order valence-electron chi connectivity index (χ3n) is 10.1. The quantitative estimate of drug-likeness (QED) is 0.0984. The smallest absolute Gasteiger partial charge is 0.306 e. The highest BCUT2D eigenvalue weighted by molar-refractivity contribution is 7.98. The van der Waals surface area contributed by atoms with Crippen LogP contribution < -0.4 is 14.8 Å². The highest BCUT2D eigenvalue weighted by Gasteiger charge is 2.26. The van der Waals surface area contributed by atoms with Crippen LogP contribution >= 0.6 is 11.8 Å². The van der Waals surface area contributed by atoms with Crippen LogP contribution in [0.4, 0.5) is 17.1 Å². The second-order valence-electron chi connectivity index (χ2n) is 13.2. The Morgan fingerprint density at radius 2 is 1.58 bits per heavy atom. The first kappa shape index (κ1) is 33.7. The Morgan fingerprint density at radius 3 is 2.36 bits per heavy atom. The SMILES string of the molecule is CCCC(CCC)C(=O)O.CSc1ccccc1-c1c2ccc(=[N+]3CCc4ccccc43)cc-2oc2cc(N3CCc4ccccc43)ccc12. The molecule has 6 heteroatoms. The summed E-state index contributed by atoms with van der Waals surface area (Å²) in [5.74, 6) is 0.179. The summed E-state index contributed by atoms with van der Waals surface area (Å²) in [5.41, 5.74) is 11.1. The third kappa shape index (κ3) is 6.57. The van der Waals surface area contributed by atoms with E-state index in [0.717, 1.165) is 73.9 Å². The molecule has 5 nitrogen and oxygen atoms in total. The summed E-state index contributed by atoms with van der Waals surface area (Å²) in [6.07, 6.45) is 7.87. The van der Waals surface area contributed by atoms with E-state index in [0.29, 0.717) is 0 Å². The lowest BCUT2D eigenvalue weighted by Gasteiger charge is -2.22. The third-order valence-corrected chi connectivity index (χ3v) is 10.9. The van der Waals surface area contributed by atoms with Crippen molar-refractivity contribution in [3.05, 3.63) is 126 Å². The van der Waals surface area contributed by atoms with Crippen LogP contribution in [0.5, 0.6) is 0 Å². The fourth-order valence-corrected chi connectivity index (χ4v) is 8.25. The molecule has 0 fully saturated rings. The zero-order valence-corrected chi connectivity index (χ0v) is 30.0. The van der Waals surface area contributed by atoms with Gasteiger partial charge in [-0.1, -0.05) is 81.3 Å². The number of anilines is 2. The van der Waals surface area contributed by atoms with Crippen molar-refractivity contribution in [3.8, 4) is 22.5 Å². The molecule has 1 aliphatic carbocycles. The Kier molecular flexibility index (Phi) is 10.1. The van der Waals surface area contributed by atoms with Gasteiger partial charge in [-0.2, -0.15) is 4.58 Å². The van der Waals surface area contributed by atoms with Crippen LogP contribution in [0.25, 0.3) is 33.4 Å². The normalized spacial score (nSPS) is 14.5. The van der Waals surface area contributed by atoms with E-state index >= 15 is 0 Å². The highest BCUT2D eigenvalue weighted by atomic mass is 32.2. The fourth-order valence-electron chi connectivity index (χ4n) is 7.65. The van der Waals surface area contributed by atoms with Crippen LogP contribution in [0.1, 0.15) is 50.7 Å². The van der Waals surface area contributed by atoms with Gasteiger partial charge in [-0.05, 0) is 67.0 Å². The Bertz CT molecular complexity index is 2200. The Balaban J connectivity index is 0.000000345. The van der Waals surface area contributed by atoms with Gasteiger partial charge in [0.15, 0.2) is 6.54 Å². The van der Waals surface area contributed by atoms with Crippen molar-refractivity contribution in [2.75, 3.05) is 24.2 Å². The van der Waals surface area contributed by atoms with Crippen molar-refractivity contribution in [1.29, 1.82) is 0 Å². The molecule has 0 saturated carbocycles. The number of carboxylic acids is 1. The number of rotatable bonds is 8. The number of para-hydroxylation sites is 2. The van der Waals surface area contributed by atoms with Gasteiger partial charge in [0.2, 0.25) is 11.0 Å². The second kappa shape index (κ2) is 15.0. The maximum atomic E-state index is 10.5. The molecule has 0 radical (unpaired) electrons. The minimum Gasteiger partial charge on any atom is -0.481 e. The number of carbonyl (C=O) groups is 1. The molecule has 4 aromatic rings. The molecule has 3 heterocycles. The summed E-state index contributed by atoms with van der Waals surface area (Å²) < 4.78 is 9.22. The first-order valence-corrected chi connectivity index (χ1v) is 19.1. The van der Waals surface area contributed by atoms with Gasteiger partial charge in [0.25, 0.3) is 0 Å². The van der Waals surface area contributed by atoms with Crippen LogP contribution in [-0.2, 0) is 17.6 Å². The summed E-state index contributed by atoms with van der Waals surface area (Å²) in [4.78, 5) is 14.2. The minimum atomic E-state index is -0.635. The monoisotopic (exact) mass is 681 g/mol. The molecular formula is C44H45N2O3S+. The molecule has 0 bridgehead atoms. The summed E-state index contributed by atoms with van der Waals surface area (Å²) in [5, 5.41) is 11.0. The largest absolute Gasteiger partial charge is 0.481 e. The summed E-state index contributed by atoms with van der Waals surface area (Å²) in [6.45, 7) is 6.01. The van der Waals surface area contributed by atoms with E-state index in [-0.39, 0.29) is 5.92 Å². The Hall–Kier alpha value is -4.81. The first-order chi connectivity index (χ1) is 24.5. The van der Waals surface area contributed by atoms with Gasteiger partial charge in [-0.15, -0.1) is 11.8 Å². The molecule has 0 unspecified atom stereocenters. The summed E-state index contributed by atoms with van der Waals surface area (Å²) in [6, 6.07) is 39.7. The summed E-state index contributed by atoms with van der Waals surface area (Å²) in [7, 11) is 0. The van der Waals surface area contributed by atoms with Crippen molar-refractivity contribution in [1.82, 2.24) is 4.58 Å². The lowest BCUT2D eigenvalue weighted by atomic mass is 9.93. The van der Waals surface area contributed by atoms with Crippen LogP contribution in [0.3, 0.4) is 0 Å². The number of carboxylic acid groups (broad SMARTS) is 1. The molecule has 4 aliphatic rings. The molecule has 1 N–H and O–H groups in total. The molecule has 50 heavy (non-hydrogen) atoms. The molecule has 0 aromatic heterocycles. The van der Waals surface area contributed by atoms with Crippen molar-refractivity contribution in [3.63, 3.8) is 0 Å². The van der Waals surface area contributed by atoms with E-state index in [4.69, 9.17) is 9.52 Å². The average molecular weight is 682 g/mol. The van der Waals surface area contributed by atoms with Crippen LogP contribution in [0.2, 0.25) is 0 Å². The summed E-state index contributed by atoms with van der Waals surface area (Å²) >= 11 is 1.79. The van der Waals surface area contributed by atoms with Gasteiger partial charge in [-0.3, -0.25) is 4.79 Å². The van der Waals surface area contributed by atoms with E-state index in [1.165, 1.54) is 49.6 Å². The van der Waals surface area contributed by atoms with Crippen molar-refractivity contribution < 1.29 is 14.3 Å².